The van der Waals surface area contributed by atoms with Crippen LogP contribution in [0.25, 0.3) is 11.0 Å². The molecule has 1 heterocycles. The molecule has 1 aromatic carbocycles. The van der Waals surface area contributed by atoms with Crippen molar-refractivity contribution in [2.45, 2.75) is 5.88 Å². The second kappa shape index (κ2) is 3.41. The first-order valence-corrected chi connectivity index (χ1v) is 4.93. The molecule has 0 aliphatic heterocycles. The third-order valence-electron chi connectivity index (χ3n) is 1.72. The van der Waals surface area contributed by atoms with Gasteiger partial charge in [0.1, 0.15) is 5.76 Å². The summed E-state index contributed by atoms with van der Waals surface area (Å²) in [5.74, 6) is 1.03. The molecule has 0 saturated carbocycles. The lowest BCUT2D eigenvalue weighted by molar-refractivity contribution is 0.573. The fraction of sp³-hybridized carbons (Fsp3) is 0.111. The minimum Gasteiger partial charge on any atom is -0.458 e. The number of fused-ring (bicyclic) bond motifs is 1. The van der Waals surface area contributed by atoms with Gasteiger partial charge in [0.05, 0.1) is 10.9 Å². The lowest BCUT2D eigenvalue weighted by Gasteiger charge is -1.93. The van der Waals surface area contributed by atoms with Crippen molar-refractivity contribution < 1.29 is 4.42 Å². The van der Waals surface area contributed by atoms with Crippen LogP contribution in [0.5, 0.6) is 0 Å². The Bertz CT molecular complexity index is 447. The fourth-order valence-electron chi connectivity index (χ4n) is 1.20. The number of alkyl halides is 1. The molecule has 13 heavy (non-hydrogen) atoms. The number of hydrogen-bond acceptors (Lipinski definition) is 1. The predicted octanol–water partition coefficient (Wildman–Crippen LogP) is 4.48. The van der Waals surface area contributed by atoms with E-state index in [1.54, 1.807) is 12.1 Å². The number of halogens is 3. The Kier molecular flexibility index (Phi) is 2.41. The molecule has 2 aromatic rings. The van der Waals surface area contributed by atoms with Crippen LogP contribution in [0.3, 0.4) is 0 Å². The van der Waals surface area contributed by atoms with E-state index in [4.69, 9.17) is 39.2 Å². The SMILES string of the molecule is ClCc1cc2cc(Cl)cc(Cl)c2o1. The average Bonchev–Trinajstić information content (AvgIpc) is 2.47. The zero-order chi connectivity index (χ0) is 9.42. The van der Waals surface area contributed by atoms with E-state index in [-0.39, 0.29) is 0 Å². The average molecular weight is 235 g/mol. The number of hydrogen-bond donors (Lipinski definition) is 0. The molecule has 68 valence electrons. The molecule has 0 amide bonds. The van der Waals surface area contributed by atoms with E-state index in [9.17, 15) is 0 Å². The summed E-state index contributed by atoms with van der Waals surface area (Å²) in [6.07, 6.45) is 0. The minimum atomic E-state index is 0.336. The Balaban J connectivity index is 2.75. The van der Waals surface area contributed by atoms with Gasteiger partial charge in [-0.1, -0.05) is 23.2 Å². The number of furan rings is 1. The van der Waals surface area contributed by atoms with E-state index in [1.807, 2.05) is 6.07 Å². The molecular formula is C9H5Cl3O. The third-order valence-corrected chi connectivity index (χ3v) is 2.48. The van der Waals surface area contributed by atoms with Gasteiger partial charge in [0.25, 0.3) is 0 Å². The van der Waals surface area contributed by atoms with Crippen LogP contribution in [0.2, 0.25) is 10.0 Å². The van der Waals surface area contributed by atoms with E-state index in [0.29, 0.717) is 27.3 Å². The Morgan fingerprint density at radius 2 is 1.92 bits per heavy atom. The monoisotopic (exact) mass is 234 g/mol. The van der Waals surface area contributed by atoms with Gasteiger partial charge in [-0.15, -0.1) is 11.6 Å². The third kappa shape index (κ3) is 1.64. The first-order valence-electron chi connectivity index (χ1n) is 3.64. The van der Waals surface area contributed by atoms with Gasteiger partial charge < -0.3 is 4.42 Å². The number of rotatable bonds is 1. The van der Waals surface area contributed by atoms with E-state index >= 15 is 0 Å². The molecule has 0 saturated heterocycles. The van der Waals surface area contributed by atoms with Crippen LogP contribution in [-0.2, 0) is 5.88 Å². The Morgan fingerprint density at radius 3 is 2.62 bits per heavy atom. The summed E-state index contributed by atoms with van der Waals surface area (Å²) >= 11 is 17.3. The van der Waals surface area contributed by atoms with Crippen molar-refractivity contribution in [2.24, 2.45) is 0 Å². The van der Waals surface area contributed by atoms with Crippen LogP contribution >= 0.6 is 34.8 Å². The minimum absolute atomic E-state index is 0.336. The van der Waals surface area contributed by atoms with Crippen molar-refractivity contribution >= 4 is 45.8 Å². The highest BCUT2D eigenvalue weighted by Gasteiger charge is 2.07. The molecule has 4 heteroatoms. The molecule has 0 bridgehead atoms. The van der Waals surface area contributed by atoms with Crippen LogP contribution < -0.4 is 0 Å². The van der Waals surface area contributed by atoms with E-state index in [1.165, 1.54) is 0 Å². The molecule has 0 spiro atoms. The van der Waals surface area contributed by atoms with Gasteiger partial charge in [-0.3, -0.25) is 0 Å². The summed E-state index contributed by atoms with van der Waals surface area (Å²) in [7, 11) is 0. The van der Waals surface area contributed by atoms with Gasteiger partial charge in [-0.25, -0.2) is 0 Å². The summed E-state index contributed by atoms with van der Waals surface area (Å²) in [5, 5.41) is 1.99. The maximum atomic E-state index is 5.91. The molecular weight excluding hydrogens is 230 g/mol. The molecule has 0 aliphatic rings. The van der Waals surface area contributed by atoms with Gasteiger partial charge in [0, 0.05) is 10.4 Å². The van der Waals surface area contributed by atoms with E-state index in [2.05, 4.69) is 0 Å². The topological polar surface area (TPSA) is 13.1 Å². The van der Waals surface area contributed by atoms with Crippen molar-refractivity contribution in [3.8, 4) is 0 Å². The van der Waals surface area contributed by atoms with Crippen molar-refractivity contribution in [1.82, 2.24) is 0 Å². The van der Waals surface area contributed by atoms with E-state index < -0.39 is 0 Å². The standard InChI is InChI=1S/C9H5Cl3O/c10-4-7-2-5-1-6(11)3-8(12)9(5)13-7/h1-3H,4H2. The molecule has 0 fully saturated rings. The Morgan fingerprint density at radius 1 is 1.15 bits per heavy atom. The molecule has 2 rings (SSSR count). The van der Waals surface area contributed by atoms with Crippen molar-refractivity contribution in [1.29, 1.82) is 0 Å². The van der Waals surface area contributed by atoms with Gasteiger partial charge >= 0.3 is 0 Å². The summed E-state index contributed by atoms with van der Waals surface area (Å²) in [6, 6.07) is 5.27. The second-order valence-electron chi connectivity index (χ2n) is 2.65. The summed E-state index contributed by atoms with van der Waals surface area (Å²) in [6.45, 7) is 0. The Labute approximate surface area is 90.2 Å². The van der Waals surface area contributed by atoms with Crippen molar-refractivity contribution in [3.05, 3.63) is 34.0 Å². The number of benzene rings is 1. The molecule has 0 aliphatic carbocycles. The fourth-order valence-corrected chi connectivity index (χ4v) is 1.87. The zero-order valence-electron chi connectivity index (χ0n) is 6.48. The second-order valence-corrected chi connectivity index (χ2v) is 3.76. The van der Waals surface area contributed by atoms with Gasteiger partial charge in [-0.05, 0) is 18.2 Å². The highest BCUT2D eigenvalue weighted by Crippen LogP contribution is 2.30. The summed E-state index contributed by atoms with van der Waals surface area (Å²) < 4.78 is 5.38. The van der Waals surface area contributed by atoms with Crippen molar-refractivity contribution in [2.75, 3.05) is 0 Å². The largest absolute Gasteiger partial charge is 0.458 e. The molecule has 1 aromatic heterocycles. The molecule has 0 radical (unpaired) electrons. The van der Waals surface area contributed by atoms with Gasteiger partial charge in [0.15, 0.2) is 5.58 Å². The van der Waals surface area contributed by atoms with Crippen LogP contribution in [0.15, 0.2) is 22.6 Å². The molecule has 0 unspecified atom stereocenters. The smallest absolute Gasteiger partial charge is 0.153 e. The molecule has 0 atom stereocenters. The highest BCUT2D eigenvalue weighted by atomic mass is 35.5. The molecule has 1 nitrogen and oxygen atoms in total. The van der Waals surface area contributed by atoms with Crippen LogP contribution in [-0.4, -0.2) is 0 Å². The van der Waals surface area contributed by atoms with Gasteiger partial charge in [0.2, 0.25) is 0 Å². The first kappa shape index (κ1) is 9.20. The van der Waals surface area contributed by atoms with Crippen LogP contribution in [0, 0.1) is 0 Å². The van der Waals surface area contributed by atoms with Crippen molar-refractivity contribution in [3.63, 3.8) is 0 Å². The first-order chi connectivity index (χ1) is 6.20. The predicted molar refractivity (Wildman–Crippen MR) is 55.8 cm³/mol. The van der Waals surface area contributed by atoms with E-state index in [0.717, 1.165) is 5.39 Å². The quantitative estimate of drug-likeness (QED) is 0.664. The highest BCUT2D eigenvalue weighted by molar-refractivity contribution is 6.38. The zero-order valence-corrected chi connectivity index (χ0v) is 8.75. The maximum absolute atomic E-state index is 5.91. The van der Waals surface area contributed by atoms with Crippen LogP contribution in [0.1, 0.15) is 5.76 Å². The normalized spacial score (nSPS) is 11.0. The lowest BCUT2D eigenvalue weighted by Crippen LogP contribution is -1.67. The Hall–Kier alpha value is -0.370. The lowest BCUT2D eigenvalue weighted by atomic mass is 10.2. The maximum Gasteiger partial charge on any atom is 0.153 e. The summed E-state index contributed by atoms with van der Waals surface area (Å²) in [4.78, 5) is 0. The van der Waals surface area contributed by atoms with Gasteiger partial charge in [-0.2, -0.15) is 0 Å². The van der Waals surface area contributed by atoms with Crippen LogP contribution in [0.4, 0.5) is 0 Å². The molecule has 0 N–H and O–H groups in total. The summed E-state index contributed by atoms with van der Waals surface area (Å²) in [5.41, 5.74) is 0.640.